The molecule has 0 spiro atoms. The molecular formula is C31H29ClFNO5. The van der Waals surface area contributed by atoms with Crippen LogP contribution >= 0.6 is 11.6 Å². The zero-order valence-corrected chi connectivity index (χ0v) is 22.5. The van der Waals surface area contributed by atoms with Gasteiger partial charge in [-0.2, -0.15) is 0 Å². The van der Waals surface area contributed by atoms with Gasteiger partial charge in [0.05, 0.1) is 23.8 Å². The van der Waals surface area contributed by atoms with E-state index in [0.29, 0.717) is 41.4 Å². The highest BCUT2D eigenvalue weighted by Crippen LogP contribution is 2.36. The first-order valence-corrected chi connectivity index (χ1v) is 13.1. The molecule has 0 fully saturated rings. The number of ketones is 1. The minimum Gasteiger partial charge on any atom is -0.494 e. The summed E-state index contributed by atoms with van der Waals surface area (Å²) >= 11 is 6.52. The molecular weight excluding hydrogens is 521 g/mol. The number of hydrogen-bond acceptors (Lipinski definition) is 5. The van der Waals surface area contributed by atoms with E-state index in [1.165, 1.54) is 12.1 Å². The summed E-state index contributed by atoms with van der Waals surface area (Å²) in [5.74, 6) is -0.906. The molecule has 0 radical (unpaired) electrons. The van der Waals surface area contributed by atoms with Crippen molar-refractivity contribution >= 4 is 29.6 Å². The lowest BCUT2D eigenvalue weighted by atomic mass is 9.83. The van der Waals surface area contributed by atoms with Crippen LogP contribution in [0, 0.1) is 5.82 Å². The van der Waals surface area contributed by atoms with Crippen LogP contribution in [0.2, 0.25) is 5.02 Å². The standard InChI is InChI=1S/C31H29ClFNO5/c1-3-14-38-23-8-9-24(26(32)18-23)29(35)31(12-5-13-34-31)19-22-16-20(7-11-28(22)39-15-4-2)25-17-21(30(36)37)6-10-27(25)33/h5-13,16-18H,3-4,14-15,19H2,1-2H3,(H,36,37). The van der Waals surface area contributed by atoms with Crippen molar-refractivity contribution in [3.8, 4) is 22.6 Å². The summed E-state index contributed by atoms with van der Waals surface area (Å²) in [6.07, 6.45) is 6.72. The van der Waals surface area contributed by atoms with Crippen LogP contribution in [0.5, 0.6) is 11.5 Å². The Hall–Kier alpha value is -3.97. The van der Waals surface area contributed by atoms with Gasteiger partial charge in [-0.05, 0) is 84.7 Å². The van der Waals surface area contributed by atoms with Crippen molar-refractivity contribution in [2.24, 2.45) is 4.99 Å². The summed E-state index contributed by atoms with van der Waals surface area (Å²) < 4.78 is 26.4. The van der Waals surface area contributed by atoms with Crippen molar-refractivity contribution in [1.29, 1.82) is 0 Å². The monoisotopic (exact) mass is 549 g/mol. The van der Waals surface area contributed by atoms with Gasteiger partial charge in [0, 0.05) is 23.8 Å². The second-order valence-electron chi connectivity index (χ2n) is 9.23. The molecule has 0 aliphatic carbocycles. The third-order valence-corrected chi connectivity index (χ3v) is 6.63. The highest BCUT2D eigenvalue weighted by molar-refractivity contribution is 6.34. The van der Waals surface area contributed by atoms with Gasteiger partial charge >= 0.3 is 5.97 Å². The molecule has 0 amide bonds. The molecule has 8 heteroatoms. The predicted molar refractivity (Wildman–Crippen MR) is 150 cm³/mol. The van der Waals surface area contributed by atoms with Crippen molar-refractivity contribution in [2.75, 3.05) is 13.2 Å². The second kappa shape index (κ2) is 12.3. The highest BCUT2D eigenvalue weighted by Gasteiger charge is 2.39. The van der Waals surface area contributed by atoms with Crippen molar-refractivity contribution < 1.29 is 28.6 Å². The Morgan fingerprint density at radius 3 is 2.44 bits per heavy atom. The average molecular weight is 550 g/mol. The molecule has 0 aromatic heterocycles. The van der Waals surface area contributed by atoms with Gasteiger partial charge in [-0.15, -0.1) is 0 Å². The number of carbonyl (C=O) groups excluding carboxylic acids is 1. The van der Waals surface area contributed by atoms with Crippen LogP contribution in [0.3, 0.4) is 0 Å². The number of carbonyl (C=O) groups is 2. The molecule has 1 aliphatic rings. The van der Waals surface area contributed by atoms with Gasteiger partial charge in [0.1, 0.15) is 22.9 Å². The van der Waals surface area contributed by atoms with Gasteiger partial charge in [0.2, 0.25) is 0 Å². The van der Waals surface area contributed by atoms with Crippen molar-refractivity contribution in [3.05, 3.63) is 94.3 Å². The van der Waals surface area contributed by atoms with E-state index >= 15 is 0 Å². The van der Waals surface area contributed by atoms with Crippen LogP contribution in [-0.2, 0) is 6.42 Å². The maximum Gasteiger partial charge on any atom is 0.335 e. The van der Waals surface area contributed by atoms with Crippen LogP contribution in [0.25, 0.3) is 11.1 Å². The summed E-state index contributed by atoms with van der Waals surface area (Å²) in [5.41, 5.74) is 0.192. The van der Waals surface area contributed by atoms with Crippen molar-refractivity contribution in [1.82, 2.24) is 0 Å². The van der Waals surface area contributed by atoms with Crippen molar-refractivity contribution in [2.45, 2.75) is 38.6 Å². The van der Waals surface area contributed by atoms with Crippen LogP contribution in [-0.4, -0.2) is 41.8 Å². The Kier molecular flexibility index (Phi) is 8.82. The Morgan fingerprint density at radius 1 is 1.00 bits per heavy atom. The zero-order chi connectivity index (χ0) is 28.0. The van der Waals surface area contributed by atoms with Gasteiger partial charge < -0.3 is 14.6 Å². The molecule has 1 unspecified atom stereocenters. The molecule has 0 saturated carbocycles. The number of aliphatic imine (C=N–C) groups is 1. The summed E-state index contributed by atoms with van der Waals surface area (Å²) in [6.45, 7) is 4.96. The van der Waals surface area contributed by atoms with E-state index < -0.39 is 17.3 Å². The number of ether oxygens (including phenoxy) is 2. The fraction of sp³-hybridized carbons (Fsp3) is 0.258. The maximum absolute atomic E-state index is 14.8. The van der Waals surface area contributed by atoms with Gasteiger partial charge in [0.15, 0.2) is 5.78 Å². The molecule has 1 heterocycles. The molecule has 1 atom stereocenters. The van der Waals surface area contributed by atoms with Gasteiger partial charge in [-0.1, -0.05) is 31.5 Å². The van der Waals surface area contributed by atoms with Crippen LogP contribution in [0.4, 0.5) is 4.39 Å². The second-order valence-corrected chi connectivity index (χ2v) is 9.64. The number of hydrogen-bond donors (Lipinski definition) is 1. The van der Waals surface area contributed by atoms with Crippen LogP contribution < -0.4 is 9.47 Å². The third-order valence-electron chi connectivity index (χ3n) is 6.32. The maximum atomic E-state index is 14.8. The lowest BCUT2D eigenvalue weighted by molar-refractivity contribution is 0.0696. The smallest absolute Gasteiger partial charge is 0.335 e. The SMILES string of the molecule is CCCOc1ccc(C(=O)C2(Cc3cc(-c4cc(C(=O)O)ccc4F)ccc3OCCC)C=CC=N2)c(Cl)c1. The van der Waals surface area contributed by atoms with E-state index in [4.69, 9.17) is 21.1 Å². The molecule has 202 valence electrons. The largest absolute Gasteiger partial charge is 0.494 e. The van der Waals surface area contributed by atoms with E-state index in [1.54, 1.807) is 54.8 Å². The minimum absolute atomic E-state index is 0.0322. The number of nitrogens with zero attached hydrogens (tertiary/aromatic N) is 1. The topological polar surface area (TPSA) is 85.2 Å². The molecule has 0 saturated heterocycles. The number of aromatic carboxylic acids is 1. The molecule has 39 heavy (non-hydrogen) atoms. The molecule has 3 aromatic rings. The molecule has 0 bridgehead atoms. The number of Topliss-reactive ketones (excluding diaryl/α,β-unsaturated/α-hetero) is 1. The van der Waals surface area contributed by atoms with Gasteiger partial charge in [0.25, 0.3) is 0 Å². The summed E-state index contributed by atoms with van der Waals surface area (Å²) in [4.78, 5) is 30.0. The first-order valence-electron chi connectivity index (χ1n) is 12.8. The van der Waals surface area contributed by atoms with Gasteiger partial charge in [-0.3, -0.25) is 9.79 Å². The summed E-state index contributed by atoms with van der Waals surface area (Å²) in [7, 11) is 0. The van der Waals surface area contributed by atoms with E-state index in [1.807, 2.05) is 13.8 Å². The van der Waals surface area contributed by atoms with E-state index in [0.717, 1.165) is 18.9 Å². The Bertz CT molecular complexity index is 1440. The fourth-order valence-electron chi connectivity index (χ4n) is 4.37. The van der Waals surface area contributed by atoms with E-state index in [2.05, 4.69) is 4.99 Å². The average Bonchev–Trinajstić information content (AvgIpc) is 3.40. The normalized spacial score (nSPS) is 15.9. The minimum atomic E-state index is -1.29. The first-order chi connectivity index (χ1) is 18.8. The highest BCUT2D eigenvalue weighted by atomic mass is 35.5. The zero-order valence-electron chi connectivity index (χ0n) is 21.7. The van der Waals surface area contributed by atoms with Crippen LogP contribution in [0.15, 0.2) is 71.7 Å². The molecule has 1 aliphatic heterocycles. The van der Waals surface area contributed by atoms with E-state index in [-0.39, 0.29) is 28.4 Å². The Labute approximate surface area is 231 Å². The molecule has 6 nitrogen and oxygen atoms in total. The number of benzene rings is 3. The van der Waals surface area contributed by atoms with E-state index in [9.17, 15) is 19.1 Å². The quantitative estimate of drug-likeness (QED) is 0.241. The Balaban J connectivity index is 1.75. The third kappa shape index (κ3) is 6.20. The van der Waals surface area contributed by atoms with Crippen LogP contribution in [0.1, 0.15) is 53.0 Å². The fourth-order valence-corrected chi connectivity index (χ4v) is 4.63. The lowest BCUT2D eigenvalue weighted by Crippen LogP contribution is -2.36. The first kappa shape index (κ1) is 28.0. The number of carboxylic acid groups (broad SMARTS) is 1. The molecule has 3 aromatic carbocycles. The number of carboxylic acids is 1. The number of rotatable bonds is 12. The molecule has 1 N–H and O–H groups in total. The Morgan fingerprint density at radius 2 is 1.77 bits per heavy atom. The summed E-state index contributed by atoms with van der Waals surface area (Å²) in [5, 5.41) is 9.65. The number of halogens is 2. The number of allylic oxidation sites excluding steroid dienone is 1. The van der Waals surface area contributed by atoms with Crippen molar-refractivity contribution in [3.63, 3.8) is 0 Å². The summed E-state index contributed by atoms with van der Waals surface area (Å²) in [6, 6.07) is 13.7. The van der Waals surface area contributed by atoms with Gasteiger partial charge in [-0.25, -0.2) is 9.18 Å². The lowest BCUT2D eigenvalue weighted by Gasteiger charge is -2.25. The molecule has 4 rings (SSSR count). The predicted octanol–water partition coefficient (Wildman–Crippen LogP) is 7.23.